The molecule has 0 radical (unpaired) electrons. The van der Waals surface area contributed by atoms with Crippen LogP contribution in [0, 0.1) is 0 Å². The van der Waals surface area contributed by atoms with Gasteiger partial charge in [0.2, 0.25) is 0 Å². The molecule has 0 amide bonds. The molecule has 0 unspecified atom stereocenters. The van der Waals surface area contributed by atoms with E-state index in [-0.39, 0.29) is 17.9 Å². The SMILES string of the molecule is OCCc1scnc1C(F)(F)F. The lowest BCUT2D eigenvalue weighted by Crippen LogP contribution is -2.09. The van der Waals surface area contributed by atoms with Gasteiger partial charge in [-0.15, -0.1) is 11.3 Å². The van der Waals surface area contributed by atoms with Crippen LogP contribution in [-0.2, 0) is 12.6 Å². The van der Waals surface area contributed by atoms with E-state index in [0.29, 0.717) is 0 Å². The van der Waals surface area contributed by atoms with Crippen LogP contribution in [0.4, 0.5) is 13.2 Å². The molecule has 1 heterocycles. The maximum absolute atomic E-state index is 12.1. The first kappa shape index (κ1) is 9.47. The number of aliphatic hydroxyl groups excluding tert-OH is 1. The fourth-order valence-electron chi connectivity index (χ4n) is 0.781. The van der Waals surface area contributed by atoms with Gasteiger partial charge in [0, 0.05) is 17.9 Å². The Balaban J connectivity index is 2.91. The van der Waals surface area contributed by atoms with E-state index < -0.39 is 11.9 Å². The summed E-state index contributed by atoms with van der Waals surface area (Å²) >= 11 is 0.910. The van der Waals surface area contributed by atoms with Crippen LogP contribution in [0.1, 0.15) is 10.6 Å². The Morgan fingerprint density at radius 3 is 2.67 bits per heavy atom. The van der Waals surface area contributed by atoms with Crippen molar-refractivity contribution in [3.8, 4) is 0 Å². The van der Waals surface area contributed by atoms with Gasteiger partial charge in [-0.1, -0.05) is 0 Å². The Hall–Kier alpha value is -0.620. The number of nitrogens with zero attached hydrogens (tertiary/aromatic N) is 1. The summed E-state index contributed by atoms with van der Waals surface area (Å²) < 4.78 is 36.2. The van der Waals surface area contributed by atoms with Crippen LogP contribution >= 0.6 is 11.3 Å². The van der Waals surface area contributed by atoms with Crippen LogP contribution < -0.4 is 0 Å². The number of aliphatic hydroxyl groups is 1. The van der Waals surface area contributed by atoms with Crippen molar-refractivity contribution in [2.24, 2.45) is 0 Å². The summed E-state index contributed by atoms with van der Waals surface area (Å²) in [5.41, 5.74) is 0.259. The van der Waals surface area contributed by atoms with Gasteiger partial charge >= 0.3 is 6.18 Å². The molecule has 0 aliphatic rings. The zero-order valence-electron chi connectivity index (χ0n) is 5.93. The largest absolute Gasteiger partial charge is 0.434 e. The van der Waals surface area contributed by atoms with Crippen molar-refractivity contribution >= 4 is 11.3 Å². The first-order valence-corrected chi connectivity index (χ1v) is 4.04. The highest BCUT2D eigenvalue weighted by Crippen LogP contribution is 2.32. The van der Waals surface area contributed by atoms with E-state index in [2.05, 4.69) is 4.98 Å². The second-order valence-electron chi connectivity index (χ2n) is 2.10. The van der Waals surface area contributed by atoms with E-state index in [1.807, 2.05) is 0 Å². The Bertz CT molecular complexity index is 258. The molecule has 0 saturated heterocycles. The third-order valence-electron chi connectivity index (χ3n) is 1.25. The van der Waals surface area contributed by atoms with Crippen molar-refractivity contribution in [1.82, 2.24) is 4.98 Å². The summed E-state index contributed by atoms with van der Waals surface area (Å²) in [7, 11) is 0. The predicted octanol–water partition coefficient (Wildman–Crippen LogP) is 1.70. The highest BCUT2D eigenvalue weighted by atomic mass is 32.1. The van der Waals surface area contributed by atoms with Crippen molar-refractivity contribution in [3.05, 3.63) is 16.1 Å². The number of thiazole rings is 1. The van der Waals surface area contributed by atoms with Crippen molar-refractivity contribution in [3.63, 3.8) is 0 Å². The topological polar surface area (TPSA) is 33.1 Å². The van der Waals surface area contributed by atoms with Crippen molar-refractivity contribution in [2.75, 3.05) is 6.61 Å². The van der Waals surface area contributed by atoms with Gasteiger partial charge in [0.15, 0.2) is 5.69 Å². The van der Waals surface area contributed by atoms with Gasteiger partial charge in [0.25, 0.3) is 0 Å². The second-order valence-corrected chi connectivity index (χ2v) is 3.03. The maximum atomic E-state index is 12.1. The summed E-state index contributed by atoms with van der Waals surface area (Å²) in [4.78, 5) is 3.28. The average Bonchev–Trinajstić information content (AvgIpc) is 2.34. The molecule has 0 saturated carbocycles. The molecule has 0 aromatic carbocycles. The van der Waals surface area contributed by atoms with E-state index in [4.69, 9.17) is 5.11 Å². The highest BCUT2D eigenvalue weighted by Gasteiger charge is 2.35. The molecule has 0 fully saturated rings. The molecule has 68 valence electrons. The monoisotopic (exact) mass is 197 g/mol. The van der Waals surface area contributed by atoms with E-state index in [1.54, 1.807) is 0 Å². The summed E-state index contributed by atoms with van der Waals surface area (Å²) in [6.07, 6.45) is -4.38. The molecule has 0 spiro atoms. The molecule has 1 aromatic rings. The van der Waals surface area contributed by atoms with Gasteiger partial charge in [-0.05, 0) is 0 Å². The van der Waals surface area contributed by atoms with Crippen molar-refractivity contribution in [2.45, 2.75) is 12.6 Å². The van der Waals surface area contributed by atoms with Gasteiger partial charge in [-0.3, -0.25) is 0 Å². The zero-order valence-corrected chi connectivity index (χ0v) is 6.74. The molecule has 0 bridgehead atoms. The average molecular weight is 197 g/mol. The highest BCUT2D eigenvalue weighted by molar-refractivity contribution is 7.09. The second kappa shape index (κ2) is 3.40. The van der Waals surface area contributed by atoms with Gasteiger partial charge in [-0.2, -0.15) is 13.2 Å². The first-order chi connectivity index (χ1) is 5.55. The van der Waals surface area contributed by atoms with Crippen LogP contribution in [0.15, 0.2) is 5.51 Å². The Labute approximate surface area is 70.7 Å². The lowest BCUT2D eigenvalue weighted by Gasteiger charge is -2.04. The molecular formula is C6H6F3NOS. The van der Waals surface area contributed by atoms with Crippen LogP contribution in [0.2, 0.25) is 0 Å². The third-order valence-corrected chi connectivity index (χ3v) is 2.14. The minimum Gasteiger partial charge on any atom is -0.396 e. The fourth-order valence-corrected chi connectivity index (χ4v) is 1.56. The molecule has 1 rings (SSSR count). The molecule has 2 nitrogen and oxygen atoms in total. The lowest BCUT2D eigenvalue weighted by molar-refractivity contribution is -0.141. The quantitative estimate of drug-likeness (QED) is 0.782. The van der Waals surface area contributed by atoms with E-state index >= 15 is 0 Å². The number of aromatic nitrogens is 1. The number of rotatable bonds is 2. The molecule has 1 aromatic heterocycles. The summed E-state index contributed by atoms with van der Waals surface area (Å²) in [6.45, 7) is -0.286. The summed E-state index contributed by atoms with van der Waals surface area (Å²) in [5, 5.41) is 8.44. The Morgan fingerprint density at radius 1 is 1.50 bits per heavy atom. The molecule has 0 aliphatic heterocycles. The normalized spacial score (nSPS) is 12.0. The molecule has 1 N–H and O–H groups in total. The van der Waals surface area contributed by atoms with Crippen molar-refractivity contribution in [1.29, 1.82) is 0 Å². The Morgan fingerprint density at radius 2 is 2.17 bits per heavy atom. The summed E-state index contributed by atoms with van der Waals surface area (Å²) in [5.74, 6) is 0. The van der Waals surface area contributed by atoms with Crippen LogP contribution in [-0.4, -0.2) is 16.7 Å². The first-order valence-electron chi connectivity index (χ1n) is 3.16. The van der Waals surface area contributed by atoms with Gasteiger partial charge in [0.05, 0.1) is 5.51 Å². The minimum absolute atomic E-state index is 0.0134. The smallest absolute Gasteiger partial charge is 0.396 e. The standard InChI is InChI=1S/C6H6F3NOS/c7-6(8,9)5-4(1-2-11)12-3-10-5/h3,11H,1-2H2. The van der Waals surface area contributed by atoms with Gasteiger partial charge in [-0.25, -0.2) is 4.98 Å². The Kier molecular flexibility index (Phi) is 2.69. The van der Waals surface area contributed by atoms with Gasteiger partial charge < -0.3 is 5.11 Å². The fraction of sp³-hybridized carbons (Fsp3) is 0.500. The van der Waals surface area contributed by atoms with Crippen LogP contribution in [0.25, 0.3) is 0 Å². The number of alkyl halides is 3. The predicted molar refractivity (Wildman–Crippen MR) is 37.9 cm³/mol. The number of hydrogen-bond acceptors (Lipinski definition) is 3. The minimum atomic E-state index is -4.40. The van der Waals surface area contributed by atoms with Crippen LogP contribution in [0.5, 0.6) is 0 Å². The lowest BCUT2D eigenvalue weighted by atomic mass is 10.3. The molecule has 12 heavy (non-hydrogen) atoms. The van der Waals surface area contributed by atoms with Gasteiger partial charge in [0.1, 0.15) is 0 Å². The molecular weight excluding hydrogens is 191 g/mol. The maximum Gasteiger partial charge on any atom is 0.434 e. The summed E-state index contributed by atoms with van der Waals surface area (Å²) in [6, 6.07) is 0. The molecule has 0 aliphatic carbocycles. The van der Waals surface area contributed by atoms with E-state index in [9.17, 15) is 13.2 Å². The number of halogens is 3. The zero-order chi connectivity index (χ0) is 9.19. The third kappa shape index (κ3) is 1.95. The number of hydrogen-bond donors (Lipinski definition) is 1. The van der Waals surface area contributed by atoms with E-state index in [0.717, 1.165) is 16.8 Å². The molecule has 6 heteroatoms. The van der Waals surface area contributed by atoms with Crippen molar-refractivity contribution < 1.29 is 18.3 Å². The molecule has 0 atom stereocenters. The van der Waals surface area contributed by atoms with Crippen LogP contribution in [0.3, 0.4) is 0 Å². The van der Waals surface area contributed by atoms with E-state index in [1.165, 1.54) is 0 Å².